The van der Waals surface area contributed by atoms with Gasteiger partial charge in [-0.15, -0.1) is 0 Å². The van der Waals surface area contributed by atoms with E-state index in [-0.39, 0.29) is 18.2 Å². The van der Waals surface area contributed by atoms with Crippen molar-refractivity contribution in [3.63, 3.8) is 0 Å². The molecule has 0 unspecified atom stereocenters. The molecule has 1 amide bonds. The van der Waals surface area contributed by atoms with Gasteiger partial charge in [0.05, 0.1) is 29.9 Å². The fraction of sp³-hybridized carbons (Fsp3) is 0.533. The minimum atomic E-state index is -0.304. The molecule has 1 saturated heterocycles. The fourth-order valence-electron chi connectivity index (χ4n) is 6.54. The number of nitrogens with zero attached hydrogens (tertiary/aromatic N) is 4. The van der Waals surface area contributed by atoms with Gasteiger partial charge in [-0.1, -0.05) is 30.3 Å². The van der Waals surface area contributed by atoms with E-state index in [0.717, 1.165) is 93.7 Å². The third kappa shape index (κ3) is 4.93. The van der Waals surface area contributed by atoms with Crippen LogP contribution in [-0.2, 0) is 22.4 Å². The van der Waals surface area contributed by atoms with E-state index in [1.165, 1.54) is 18.2 Å². The number of aryl methyl sites for hydroxylation is 1. The number of anilines is 1. The van der Waals surface area contributed by atoms with Gasteiger partial charge in [0.15, 0.2) is 0 Å². The van der Waals surface area contributed by atoms with Gasteiger partial charge in [-0.3, -0.25) is 9.74 Å². The molecule has 2 fully saturated rings. The summed E-state index contributed by atoms with van der Waals surface area (Å²) >= 11 is 0. The molecule has 6 rings (SSSR count). The van der Waals surface area contributed by atoms with Crippen molar-refractivity contribution in [3.05, 3.63) is 59.4 Å². The average molecular weight is 518 g/mol. The highest BCUT2D eigenvalue weighted by molar-refractivity contribution is 5.95. The zero-order valence-electron chi connectivity index (χ0n) is 22.6. The van der Waals surface area contributed by atoms with E-state index in [9.17, 15) is 4.79 Å². The summed E-state index contributed by atoms with van der Waals surface area (Å²) in [6, 6.07) is 15.3. The third-order valence-corrected chi connectivity index (χ3v) is 8.44. The summed E-state index contributed by atoms with van der Waals surface area (Å²) in [5.74, 6) is 1.09. The summed E-state index contributed by atoms with van der Waals surface area (Å²) in [5, 5.41) is 5.56. The topological polar surface area (TPSA) is 71.9 Å². The first-order valence-electron chi connectivity index (χ1n) is 14.2. The number of amides is 1. The van der Waals surface area contributed by atoms with Gasteiger partial charge in [0.1, 0.15) is 5.82 Å². The molecule has 3 atom stereocenters. The fourth-order valence-corrected chi connectivity index (χ4v) is 6.54. The molecular formula is C30H39N5O3. The Morgan fingerprint density at radius 1 is 1.08 bits per heavy atom. The summed E-state index contributed by atoms with van der Waals surface area (Å²) in [6.07, 6.45) is 6.85. The second kappa shape index (κ2) is 11.0. The SMILES string of the molecule is COC(=O)N1c2ccc3c(nc(Cc4ccccc4)n3[C@H]3CCC[C@H](ON4CCNCC4)C3)c2CC[C@@H]1C. The normalized spacial score (nSPS) is 24.4. The second-order valence-electron chi connectivity index (χ2n) is 10.9. The number of hydrogen-bond donors (Lipinski definition) is 1. The Morgan fingerprint density at radius 2 is 1.89 bits per heavy atom. The minimum Gasteiger partial charge on any atom is -0.452 e. The molecule has 3 aromatic rings. The van der Waals surface area contributed by atoms with Crippen LogP contribution in [0.25, 0.3) is 11.0 Å². The van der Waals surface area contributed by atoms with Gasteiger partial charge in [0.2, 0.25) is 0 Å². The van der Waals surface area contributed by atoms with Crippen LogP contribution in [0.3, 0.4) is 0 Å². The van der Waals surface area contributed by atoms with Gasteiger partial charge in [-0.2, -0.15) is 5.06 Å². The highest BCUT2D eigenvalue weighted by Crippen LogP contribution is 2.40. The largest absolute Gasteiger partial charge is 0.452 e. The molecule has 38 heavy (non-hydrogen) atoms. The summed E-state index contributed by atoms with van der Waals surface area (Å²) in [5.41, 5.74) is 5.54. The molecule has 2 aliphatic heterocycles. The van der Waals surface area contributed by atoms with Crippen molar-refractivity contribution in [1.82, 2.24) is 19.9 Å². The molecule has 3 heterocycles. The molecule has 1 aliphatic carbocycles. The van der Waals surface area contributed by atoms with Gasteiger partial charge >= 0.3 is 6.09 Å². The Kier molecular flexibility index (Phi) is 7.37. The number of carbonyl (C=O) groups excluding carboxylic acids is 1. The number of hydrogen-bond acceptors (Lipinski definition) is 6. The number of fused-ring (bicyclic) bond motifs is 3. The molecule has 0 bridgehead atoms. The number of piperazine rings is 1. The summed E-state index contributed by atoms with van der Waals surface area (Å²) in [7, 11) is 1.45. The maximum absolute atomic E-state index is 12.7. The van der Waals surface area contributed by atoms with Crippen molar-refractivity contribution in [2.45, 2.75) is 70.1 Å². The van der Waals surface area contributed by atoms with Crippen molar-refractivity contribution >= 4 is 22.8 Å². The minimum absolute atomic E-state index is 0.0968. The molecule has 2 aromatic carbocycles. The van der Waals surface area contributed by atoms with Crippen molar-refractivity contribution in [2.24, 2.45) is 0 Å². The molecule has 0 radical (unpaired) electrons. The zero-order valence-corrected chi connectivity index (χ0v) is 22.6. The van der Waals surface area contributed by atoms with Gasteiger partial charge < -0.3 is 14.6 Å². The standard InChI is InChI=1S/C30H39N5O3/c1-21-11-12-25-26(34(21)30(36)37-2)13-14-27-29(25)32-28(19-22-7-4-3-5-8-22)35(27)23-9-6-10-24(20-23)38-33-17-15-31-16-18-33/h3-5,7-8,13-14,21,23-24,31H,6,9-12,15-20H2,1-2H3/t21-,23-,24-/m0/s1. The van der Waals surface area contributed by atoms with Crippen molar-refractivity contribution in [1.29, 1.82) is 0 Å². The van der Waals surface area contributed by atoms with Crippen LogP contribution in [0.1, 0.15) is 62.0 Å². The Balaban J connectivity index is 1.39. The molecule has 0 spiro atoms. The molecule has 202 valence electrons. The Bertz CT molecular complexity index is 1270. The predicted octanol–water partition coefficient (Wildman–Crippen LogP) is 4.86. The van der Waals surface area contributed by atoms with Crippen molar-refractivity contribution in [2.75, 3.05) is 38.2 Å². The Hall–Kier alpha value is -2.94. The number of imidazole rings is 1. The number of rotatable bonds is 5. The lowest BCUT2D eigenvalue weighted by atomic mass is 9.92. The van der Waals surface area contributed by atoms with Crippen molar-refractivity contribution < 1.29 is 14.4 Å². The summed E-state index contributed by atoms with van der Waals surface area (Å²) < 4.78 is 7.64. The Morgan fingerprint density at radius 3 is 2.68 bits per heavy atom. The average Bonchev–Trinajstić information content (AvgIpc) is 3.32. The van der Waals surface area contributed by atoms with Crippen LogP contribution in [0.4, 0.5) is 10.5 Å². The van der Waals surface area contributed by atoms with E-state index in [1.54, 1.807) is 4.90 Å². The highest BCUT2D eigenvalue weighted by atomic mass is 16.7. The smallest absolute Gasteiger partial charge is 0.414 e. The monoisotopic (exact) mass is 517 g/mol. The van der Waals surface area contributed by atoms with Crippen LogP contribution in [-0.4, -0.2) is 66.1 Å². The maximum atomic E-state index is 12.7. The lowest BCUT2D eigenvalue weighted by molar-refractivity contribution is -0.211. The number of aromatic nitrogens is 2. The van der Waals surface area contributed by atoms with E-state index in [0.29, 0.717) is 6.04 Å². The first kappa shape index (κ1) is 25.3. The number of benzene rings is 2. The third-order valence-electron chi connectivity index (χ3n) is 8.44. The predicted molar refractivity (Wildman–Crippen MR) is 148 cm³/mol. The van der Waals surface area contributed by atoms with Gasteiger partial charge in [0.25, 0.3) is 0 Å². The van der Waals surface area contributed by atoms with E-state index < -0.39 is 0 Å². The quantitative estimate of drug-likeness (QED) is 0.522. The van der Waals surface area contributed by atoms with E-state index in [2.05, 4.69) is 64.3 Å². The number of nitrogens with one attached hydrogen (secondary N) is 1. The lowest BCUT2D eigenvalue weighted by Crippen LogP contribution is -2.45. The number of hydroxylamine groups is 2. The molecule has 1 N–H and O–H groups in total. The first-order chi connectivity index (χ1) is 18.6. The summed E-state index contributed by atoms with van der Waals surface area (Å²) in [6.45, 7) is 5.93. The van der Waals surface area contributed by atoms with Crippen LogP contribution in [0, 0.1) is 0 Å². The number of methoxy groups -OCH3 is 1. The highest BCUT2D eigenvalue weighted by Gasteiger charge is 2.33. The second-order valence-corrected chi connectivity index (χ2v) is 10.9. The van der Waals surface area contributed by atoms with Gasteiger partial charge in [-0.25, -0.2) is 9.78 Å². The van der Waals surface area contributed by atoms with Crippen LogP contribution < -0.4 is 10.2 Å². The lowest BCUT2D eigenvalue weighted by Gasteiger charge is -2.36. The zero-order chi connectivity index (χ0) is 26.1. The van der Waals surface area contributed by atoms with Crippen molar-refractivity contribution in [3.8, 4) is 0 Å². The molecule has 8 nitrogen and oxygen atoms in total. The van der Waals surface area contributed by atoms with Crippen LogP contribution in [0.5, 0.6) is 0 Å². The Labute approximate surface area is 224 Å². The van der Waals surface area contributed by atoms with Crippen LogP contribution in [0.15, 0.2) is 42.5 Å². The van der Waals surface area contributed by atoms with E-state index in [4.69, 9.17) is 14.6 Å². The van der Waals surface area contributed by atoms with Gasteiger partial charge in [-0.05, 0) is 63.1 Å². The summed E-state index contributed by atoms with van der Waals surface area (Å²) in [4.78, 5) is 26.3. The van der Waals surface area contributed by atoms with E-state index in [1.807, 2.05) is 0 Å². The molecular weight excluding hydrogens is 478 g/mol. The number of carbonyl (C=O) groups is 1. The molecule has 1 aromatic heterocycles. The van der Waals surface area contributed by atoms with Crippen LogP contribution in [0.2, 0.25) is 0 Å². The molecule has 8 heteroatoms. The number of ether oxygens (including phenoxy) is 1. The van der Waals surface area contributed by atoms with E-state index >= 15 is 0 Å². The molecule has 1 saturated carbocycles. The first-order valence-corrected chi connectivity index (χ1v) is 14.2. The van der Waals surface area contributed by atoms with Crippen LogP contribution >= 0.6 is 0 Å². The molecule has 3 aliphatic rings. The van der Waals surface area contributed by atoms with Gasteiger partial charge in [0, 0.05) is 50.2 Å². The maximum Gasteiger partial charge on any atom is 0.414 e.